The smallest absolute Gasteiger partial charge is 0.173 e. The van der Waals surface area contributed by atoms with Crippen LogP contribution >= 0.6 is 11.6 Å². The van der Waals surface area contributed by atoms with E-state index < -0.39 is 0 Å². The fourth-order valence-corrected chi connectivity index (χ4v) is 1.53. The summed E-state index contributed by atoms with van der Waals surface area (Å²) < 4.78 is 12.7. The Bertz CT molecular complexity index is 619. The quantitative estimate of drug-likeness (QED) is 0.903. The van der Waals surface area contributed by atoms with Crippen LogP contribution in [0, 0.1) is 24.1 Å². The number of nitriles is 1. The van der Waals surface area contributed by atoms with Crippen LogP contribution in [0.1, 0.15) is 11.4 Å². The first-order valence-electron chi connectivity index (χ1n) is 5.07. The van der Waals surface area contributed by atoms with Gasteiger partial charge in [0.2, 0.25) is 0 Å². The molecule has 0 aliphatic rings. The summed E-state index contributed by atoms with van der Waals surface area (Å²) in [6.45, 7) is 1.66. The van der Waals surface area contributed by atoms with E-state index in [-0.39, 0.29) is 16.7 Å². The van der Waals surface area contributed by atoms with Crippen LogP contribution in [-0.4, -0.2) is 9.97 Å². The Balaban J connectivity index is 2.32. The topological polar surface area (TPSA) is 61.6 Å². The number of anilines is 2. The van der Waals surface area contributed by atoms with E-state index in [1.165, 1.54) is 12.1 Å². The van der Waals surface area contributed by atoms with Gasteiger partial charge in [-0.05, 0) is 31.2 Å². The molecule has 1 aromatic carbocycles. The van der Waals surface area contributed by atoms with Crippen LogP contribution in [0.15, 0.2) is 24.3 Å². The number of aromatic nitrogens is 2. The number of hydrogen-bond acceptors (Lipinski definition) is 4. The molecule has 0 saturated heterocycles. The number of nitrogens with one attached hydrogen (secondary N) is 1. The Kier molecular flexibility index (Phi) is 3.40. The summed E-state index contributed by atoms with van der Waals surface area (Å²) in [7, 11) is 0. The molecular weight excluding hydrogens is 255 g/mol. The van der Waals surface area contributed by atoms with Crippen LogP contribution in [0.25, 0.3) is 0 Å². The van der Waals surface area contributed by atoms with Crippen LogP contribution in [0.5, 0.6) is 0 Å². The molecule has 0 aliphatic heterocycles. The first kappa shape index (κ1) is 12.3. The van der Waals surface area contributed by atoms with Crippen molar-refractivity contribution in [3.8, 4) is 6.07 Å². The maximum absolute atomic E-state index is 12.7. The maximum Gasteiger partial charge on any atom is 0.173 e. The summed E-state index contributed by atoms with van der Waals surface area (Å²) in [4.78, 5) is 8.05. The number of hydrogen-bond donors (Lipinski definition) is 1. The molecule has 90 valence electrons. The van der Waals surface area contributed by atoms with E-state index in [9.17, 15) is 4.39 Å². The molecule has 1 N–H and O–H groups in total. The fraction of sp³-hybridized carbons (Fsp3) is 0.0833. The molecule has 0 spiro atoms. The van der Waals surface area contributed by atoms with Crippen LogP contribution in [0.3, 0.4) is 0 Å². The minimum absolute atomic E-state index is 0.0986. The zero-order chi connectivity index (χ0) is 13.1. The SMILES string of the molecule is Cc1nc(Nc2ccc(F)cc2)c(Cl)nc1C#N. The number of aryl methyl sites for hydroxylation is 1. The zero-order valence-electron chi connectivity index (χ0n) is 9.41. The van der Waals surface area contributed by atoms with E-state index >= 15 is 0 Å². The molecule has 2 aromatic rings. The van der Waals surface area contributed by atoms with E-state index in [4.69, 9.17) is 16.9 Å². The Morgan fingerprint density at radius 1 is 1.28 bits per heavy atom. The second-order valence-corrected chi connectivity index (χ2v) is 3.90. The lowest BCUT2D eigenvalue weighted by atomic mass is 10.3. The largest absolute Gasteiger partial charge is 0.338 e. The molecule has 0 saturated carbocycles. The molecule has 4 nitrogen and oxygen atoms in total. The van der Waals surface area contributed by atoms with E-state index in [2.05, 4.69) is 15.3 Å². The molecule has 0 aliphatic carbocycles. The average Bonchev–Trinajstić information content (AvgIpc) is 2.36. The molecular formula is C12H8ClFN4. The average molecular weight is 263 g/mol. The van der Waals surface area contributed by atoms with Crippen molar-refractivity contribution in [3.05, 3.63) is 46.6 Å². The molecule has 1 aromatic heterocycles. The molecule has 1 heterocycles. The van der Waals surface area contributed by atoms with Crippen LogP contribution in [0.4, 0.5) is 15.9 Å². The van der Waals surface area contributed by atoms with Gasteiger partial charge in [-0.2, -0.15) is 5.26 Å². The Morgan fingerprint density at radius 2 is 1.94 bits per heavy atom. The summed E-state index contributed by atoms with van der Waals surface area (Å²) in [6, 6.07) is 7.65. The van der Waals surface area contributed by atoms with Gasteiger partial charge in [0.15, 0.2) is 16.7 Å². The van der Waals surface area contributed by atoms with Gasteiger partial charge in [0.1, 0.15) is 11.9 Å². The highest BCUT2D eigenvalue weighted by Crippen LogP contribution is 2.22. The molecule has 0 atom stereocenters. The lowest BCUT2D eigenvalue weighted by Gasteiger charge is -2.08. The highest BCUT2D eigenvalue weighted by Gasteiger charge is 2.09. The van der Waals surface area contributed by atoms with Gasteiger partial charge in [-0.25, -0.2) is 14.4 Å². The highest BCUT2D eigenvalue weighted by molar-refractivity contribution is 6.31. The minimum atomic E-state index is -0.325. The van der Waals surface area contributed by atoms with E-state index in [0.717, 1.165) is 0 Å². The van der Waals surface area contributed by atoms with Crippen molar-refractivity contribution in [1.29, 1.82) is 5.26 Å². The molecule has 0 amide bonds. The van der Waals surface area contributed by atoms with E-state index in [1.807, 2.05) is 6.07 Å². The normalized spacial score (nSPS) is 9.89. The van der Waals surface area contributed by atoms with Crippen LogP contribution < -0.4 is 5.32 Å². The molecule has 18 heavy (non-hydrogen) atoms. The number of rotatable bonds is 2. The molecule has 0 unspecified atom stereocenters. The lowest BCUT2D eigenvalue weighted by molar-refractivity contribution is 0.628. The summed E-state index contributed by atoms with van der Waals surface area (Å²) in [6.07, 6.45) is 0. The second-order valence-electron chi connectivity index (χ2n) is 3.54. The number of benzene rings is 1. The predicted octanol–water partition coefficient (Wildman–Crippen LogP) is 3.19. The maximum atomic E-state index is 12.7. The van der Waals surface area contributed by atoms with E-state index in [1.54, 1.807) is 19.1 Å². The van der Waals surface area contributed by atoms with Crippen LogP contribution in [0.2, 0.25) is 5.15 Å². The van der Waals surface area contributed by atoms with Crippen molar-refractivity contribution in [2.45, 2.75) is 6.92 Å². The van der Waals surface area contributed by atoms with E-state index in [0.29, 0.717) is 17.2 Å². The van der Waals surface area contributed by atoms with Gasteiger partial charge < -0.3 is 5.32 Å². The zero-order valence-corrected chi connectivity index (χ0v) is 10.2. The van der Waals surface area contributed by atoms with Gasteiger partial charge in [0.25, 0.3) is 0 Å². The standard InChI is InChI=1S/C12H8ClFN4/c1-7-10(6-15)18-11(13)12(16-7)17-9-4-2-8(14)3-5-9/h2-5H,1H3,(H,16,17). The number of nitrogens with zero attached hydrogens (tertiary/aromatic N) is 3. The van der Waals surface area contributed by atoms with Gasteiger partial charge >= 0.3 is 0 Å². The van der Waals surface area contributed by atoms with Crippen molar-refractivity contribution < 1.29 is 4.39 Å². The highest BCUT2D eigenvalue weighted by atomic mass is 35.5. The molecule has 0 fully saturated rings. The number of halogens is 2. The minimum Gasteiger partial charge on any atom is -0.338 e. The first-order valence-corrected chi connectivity index (χ1v) is 5.45. The van der Waals surface area contributed by atoms with Crippen molar-refractivity contribution in [1.82, 2.24) is 9.97 Å². The Labute approximate surface area is 108 Å². The fourth-order valence-electron chi connectivity index (χ4n) is 1.35. The summed E-state index contributed by atoms with van der Waals surface area (Å²) >= 11 is 5.90. The van der Waals surface area contributed by atoms with Crippen molar-refractivity contribution >= 4 is 23.1 Å². The third kappa shape index (κ3) is 2.55. The lowest BCUT2D eigenvalue weighted by Crippen LogP contribution is -2.01. The van der Waals surface area contributed by atoms with Gasteiger partial charge in [0.05, 0.1) is 5.69 Å². The van der Waals surface area contributed by atoms with Gasteiger partial charge in [0, 0.05) is 5.69 Å². The molecule has 6 heteroatoms. The molecule has 2 rings (SSSR count). The predicted molar refractivity (Wildman–Crippen MR) is 66.2 cm³/mol. The van der Waals surface area contributed by atoms with Crippen molar-refractivity contribution in [2.24, 2.45) is 0 Å². The first-order chi connectivity index (χ1) is 8.60. The monoisotopic (exact) mass is 262 g/mol. The van der Waals surface area contributed by atoms with Gasteiger partial charge in [-0.1, -0.05) is 11.6 Å². The Hall–Kier alpha value is -2.19. The molecule has 0 radical (unpaired) electrons. The van der Waals surface area contributed by atoms with Crippen LogP contribution in [-0.2, 0) is 0 Å². The van der Waals surface area contributed by atoms with Gasteiger partial charge in [-0.3, -0.25) is 0 Å². The second kappa shape index (κ2) is 4.98. The Morgan fingerprint density at radius 3 is 2.56 bits per heavy atom. The van der Waals surface area contributed by atoms with Gasteiger partial charge in [-0.15, -0.1) is 0 Å². The van der Waals surface area contributed by atoms with Crippen molar-refractivity contribution in [3.63, 3.8) is 0 Å². The van der Waals surface area contributed by atoms with Crippen molar-refractivity contribution in [2.75, 3.05) is 5.32 Å². The summed E-state index contributed by atoms with van der Waals surface area (Å²) in [5, 5.41) is 11.8. The summed E-state index contributed by atoms with van der Waals surface area (Å²) in [5.41, 5.74) is 1.30. The third-order valence-electron chi connectivity index (χ3n) is 2.24. The summed E-state index contributed by atoms with van der Waals surface area (Å²) in [5.74, 6) is 0.00788. The molecule has 0 bridgehead atoms. The third-order valence-corrected chi connectivity index (χ3v) is 2.50.